The number of carboxylic acid groups (broad SMARTS) is 1. The van der Waals surface area contributed by atoms with Gasteiger partial charge in [0.05, 0.1) is 18.2 Å². The number of allylic oxidation sites excluding steroid dienone is 1. The monoisotopic (exact) mass is 424 g/mol. The molecule has 1 aliphatic rings. The third-order valence-corrected chi connectivity index (χ3v) is 5.50. The van der Waals surface area contributed by atoms with E-state index in [-0.39, 0.29) is 19.1 Å². The fraction of sp³-hybridized carbons (Fsp3) is 0.375. The van der Waals surface area contributed by atoms with Crippen LogP contribution in [0.4, 0.5) is 4.79 Å². The maximum absolute atomic E-state index is 13.0. The number of fused-ring (bicyclic) bond motifs is 1. The van der Waals surface area contributed by atoms with E-state index in [0.29, 0.717) is 37.1 Å². The van der Waals surface area contributed by atoms with Crippen molar-refractivity contribution >= 4 is 28.7 Å². The summed E-state index contributed by atoms with van der Waals surface area (Å²) in [6.45, 7) is 4.16. The number of esters is 1. The highest BCUT2D eigenvalue weighted by molar-refractivity contribution is 5.97. The minimum Gasteiger partial charge on any atom is -0.481 e. The first-order valence-corrected chi connectivity index (χ1v) is 10.6. The number of ether oxygens (including phenoxy) is 1. The molecule has 164 valence electrons. The van der Waals surface area contributed by atoms with Crippen LogP contribution in [0.25, 0.3) is 10.8 Å². The van der Waals surface area contributed by atoms with Gasteiger partial charge in [-0.2, -0.15) is 0 Å². The number of hydrogen-bond donors (Lipinski definition) is 2. The summed E-state index contributed by atoms with van der Waals surface area (Å²) in [6.07, 6.45) is 1.99. The summed E-state index contributed by atoms with van der Waals surface area (Å²) in [5.74, 6) is -1.27. The molecule has 0 aromatic heterocycles. The highest BCUT2D eigenvalue weighted by Gasteiger charge is 2.36. The van der Waals surface area contributed by atoms with E-state index in [2.05, 4.69) is 5.32 Å². The minimum atomic E-state index is -0.825. The third-order valence-electron chi connectivity index (χ3n) is 5.50. The molecule has 0 aliphatic carbocycles. The first-order valence-electron chi connectivity index (χ1n) is 10.6. The highest BCUT2D eigenvalue weighted by atomic mass is 16.5. The quantitative estimate of drug-likeness (QED) is 0.460. The lowest BCUT2D eigenvalue weighted by molar-refractivity contribution is -0.139. The van der Waals surface area contributed by atoms with Crippen LogP contribution in [0.2, 0.25) is 0 Å². The van der Waals surface area contributed by atoms with Gasteiger partial charge in [-0.25, -0.2) is 9.59 Å². The fourth-order valence-electron chi connectivity index (χ4n) is 3.98. The molecule has 1 atom stereocenters. The topological polar surface area (TPSA) is 95.9 Å². The number of rotatable bonds is 9. The zero-order valence-corrected chi connectivity index (χ0v) is 17.9. The van der Waals surface area contributed by atoms with Crippen molar-refractivity contribution in [1.82, 2.24) is 10.2 Å². The molecule has 0 bridgehead atoms. The molecule has 0 saturated heterocycles. The molecule has 1 heterocycles. The number of nitrogens with zero attached hydrogens (tertiary/aromatic N) is 1. The predicted molar refractivity (Wildman–Crippen MR) is 117 cm³/mol. The van der Waals surface area contributed by atoms with Crippen LogP contribution in [-0.2, 0) is 14.3 Å². The van der Waals surface area contributed by atoms with Gasteiger partial charge in [-0.15, -0.1) is 0 Å². The lowest BCUT2D eigenvalue weighted by Crippen LogP contribution is -2.48. The Morgan fingerprint density at radius 2 is 1.84 bits per heavy atom. The first-order chi connectivity index (χ1) is 14.9. The van der Waals surface area contributed by atoms with Crippen molar-refractivity contribution in [2.24, 2.45) is 0 Å². The molecule has 2 aromatic carbocycles. The second-order valence-corrected chi connectivity index (χ2v) is 7.53. The summed E-state index contributed by atoms with van der Waals surface area (Å²) in [5.41, 5.74) is 1.83. The molecule has 1 aliphatic heterocycles. The summed E-state index contributed by atoms with van der Waals surface area (Å²) in [7, 11) is 0. The Morgan fingerprint density at radius 1 is 1.10 bits per heavy atom. The fourth-order valence-corrected chi connectivity index (χ4v) is 3.98. The first kappa shape index (κ1) is 22.3. The van der Waals surface area contributed by atoms with Crippen LogP contribution in [0.15, 0.2) is 53.7 Å². The number of nitrogens with one attached hydrogen (secondary N) is 1. The Hall–Kier alpha value is -3.35. The molecule has 7 heteroatoms. The standard InChI is InChI=1S/C24H28N2O5/c1-3-31-23(29)21-16(2)26(15-8-4-5-14-20(27)28)24(30)25-22(21)19-13-9-11-17-10-6-7-12-18(17)19/h6-7,9-13,22H,3-5,8,14-15H2,1-2H3,(H,25,30)(H,27,28). The van der Waals surface area contributed by atoms with E-state index in [4.69, 9.17) is 9.84 Å². The van der Waals surface area contributed by atoms with Crippen molar-refractivity contribution in [3.05, 3.63) is 59.3 Å². The van der Waals surface area contributed by atoms with Crippen LogP contribution in [0, 0.1) is 0 Å². The van der Waals surface area contributed by atoms with Gasteiger partial charge in [0.25, 0.3) is 0 Å². The van der Waals surface area contributed by atoms with Gasteiger partial charge in [0, 0.05) is 18.7 Å². The molecule has 1 unspecified atom stereocenters. The summed E-state index contributed by atoms with van der Waals surface area (Å²) in [5, 5.41) is 13.7. The number of carbonyl (C=O) groups is 3. The van der Waals surface area contributed by atoms with Crippen LogP contribution >= 0.6 is 0 Å². The average Bonchev–Trinajstić information content (AvgIpc) is 2.74. The third kappa shape index (κ3) is 5.05. The molecular formula is C24H28N2O5. The van der Waals surface area contributed by atoms with Crippen LogP contribution < -0.4 is 5.32 Å². The van der Waals surface area contributed by atoms with Gasteiger partial charge in [0.1, 0.15) is 0 Å². The van der Waals surface area contributed by atoms with Gasteiger partial charge in [-0.05, 0) is 43.0 Å². The average molecular weight is 424 g/mol. The van der Waals surface area contributed by atoms with E-state index in [0.717, 1.165) is 16.3 Å². The number of carboxylic acids is 1. The maximum atomic E-state index is 13.0. The molecule has 3 rings (SSSR count). The SMILES string of the molecule is CCOC(=O)C1=C(C)N(CCCCCC(=O)O)C(=O)NC1c1cccc2ccccc12. The number of unbranched alkanes of at least 4 members (excludes halogenated alkanes) is 2. The molecule has 0 spiro atoms. The Labute approximate surface area is 181 Å². The predicted octanol–water partition coefficient (Wildman–Crippen LogP) is 4.39. The Kier molecular flexibility index (Phi) is 7.28. The van der Waals surface area contributed by atoms with Gasteiger partial charge in [0.2, 0.25) is 0 Å². The van der Waals surface area contributed by atoms with E-state index in [1.807, 2.05) is 42.5 Å². The lowest BCUT2D eigenvalue weighted by Gasteiger charge is -2.35. The molecule has 2 amide bonds. The Balaban J connectivity index is 1.93. The van der Waals surface area contributed by atoms with E-state index < -0.39 is 18.0 Å². The summed E-state index contributed by atoms with van der Waals surface area (Å²) in [4.78, 5) is 38.1. The van der Waals surface area contributed by atoms with Gasteiger partial charge in [-0.1, -0.05) is 48.9 Å². The largest absolute Gasteiger partial charge is 0.481 e. The Bertz CT molecular complexity index is 1010. The van der Waals surface area contributed by atoms with Crippen LogP contribution in [0.5, 0.6) is 0 Å². The van der Waals surface area contributed by atoms with Crippen molar-refractivity contribution in [3.8, 4) is 0 Å². The van der Waals surface area contributed by atoms with E-state index in [1.54, 1.807) is 18.7 Å². The molecule has 2 N–H and O–H groups in total. The van der Waals surface area contributed by atoms with Crippen molar-refractivity contribution in [1.29, 1.82) is 0 Å². The second kappa shape index (κ2) is 10.1. The van der Waals surface area contributed by atoms with Crippen LogP contribution in [-0.4, -0.2) is 41.1 Å². The van der Waals surface area contributed by atoms with Gasteiger partial charge in [-0.3, -0.25) is 9.69 Å². The molecule has 0 saturated carbocycles. The zero-order chi connectivity index (χ0) is 22.4. The summed E-state index contributed by atoms with van der Waals surface area (Å²) < 4.78 is 5.33. The summed E-state index contributed by atoms with van der Waals surface area (Å²) >= 11 is 0. The summed E-state index contributed by atoms with van der Waals surface area (Å²) in [6, 6.07) is 12.8. The number of urea groups is 1. The van der Waals surface area contributed by atoms with Gasteiger partial charge >= 0.3 is 18.0 Å². The molecular weight excluding hydrogens is 396 g/mol. The van der Waals surface area contributed by atoms with Crippen molar-refractivity contribution in [2.75, 3.05) is 13.2 Å². The second-order valence-electron chi connectivity index (χ2n) is 7.53. The van der Waals surface area contributed by atoms with Crippen LogP contribution in [0.3, 0.4) is 0 Å². The Morgan fingerprint density at radius 3 is 2.58 bits per heavy atom. The van der Waals surface area contributed by atoms with Gasteiger partial charge < -0.3 is 15.2 Å². The number of hydrogen-bond acceptors (Lipinski definition) is 4. The van der Waals surface area contributed by atoms with E-state index in [1.165, 1.54) is 0 Å². The number of aliphatic carboxylic acids is 1. The lowest BCUT2D eigenvalue weighted by atomic mass is 9.91. The van der Waals surface area contributed by atoms with E-state index in [9.17, 15) is 14.4 Å². The smallest absolute Gasteiger partial charge is 0.338 e. The maximum Gasteiger partial charge on any atom is 0.338 e. The molecule has 7 nitrogen and oxygen atoms in total. The van der Waals surface area contributed by atoms with E-state index >= 15 is 0 Å². The van der Waals surface area contributed by atoms with Gasteiger partial charge in [0.15, 0.2) is 0 Å². The number of carbonyl (C=O) groups excluding carboxylic acids is 2. The molecule has 0 fully saturated rings. The van der Waals surface area contributed by atoms with Crippen molar-refractivity contribution in [3.63, 3.8) is 0 Å². The minimum absolute atomic E-state index is 0.109. The number of benzene rings is 2. The van der Waals surface area contributed by atoms with Crippen molar-refractivity contribution in [2.45, 2.75) is 45.6 Å². The van der Waals surface area contributed by atoms with Crippen LogP contribution in [0.1, 0.15) is 51.1 Å². The molecule has 31 heavy (non-hydrogen) atoms. The molecule has 0 radical (unpaired) electrons. The zero-order valence-electron chi connectivity index (χ0n) is 17.9. The molecule has 2 aromatic rings. The normalized spacial score (nSPS) is 16.4. The number of amides is 2. The highest BCUT2D eigenvalue weighted by Crippen LogP contribution is 2.35. The van der Waals surface area contributed by atoms with Crippen molar-refractivity contribution < 1.29 is 24.2 Å².